The first-order valence-corrected chi connectivity index (χ1v) is 5.44. The van der Waals surface area contributed by atoms with Gasteiger partial charge in [0, 0.05) is 6.54 Å². The van der Waals surface area contributed by atoms with Crippen molar-refractivity contribution in [1.82, 2.24) is 4.72 Å². The molecule has 0 aliphatic carbocycles. The van der Waals surface area contributed by atoms with Crippen LogP contribution in [0, 0.1) is 0 Å². The van der Waals surface area contributed by atoms with Gasteiger partial charge in [-0.3, -0.25) is 0 Å². The van der Waals surface area contributed by atoms with E-state index in [2.05, 4.69) is 4.72 Å². The molecule has 0 aliphatic rings. The molecule has 0 amide bonds. The predicted octanol–water partition coefficient (Wildman–Crippen LogP) is -0.337. The van der Waals surface area contributed by atoms with E-state index in [4.69, 9.17) is 10.2 Å². The maximum absolute atomic E-state index is 11.4. The number of hydrogen-bond acceptors (Lipinski definition) is 4. The first kappa shape index (κ1) is 11.0. The van der Waals surface area contributed by atoms with E-state index in [9.17, 15) is 8.42 Å². The van der Waals surface area contributed by atoms with Crippen molar-refractivity contribution in [3.8, 4) is 5.75 Å². The van der Waals surface area contributed by atoms with Crippen LogP contribution in [0.5, 0.6) is 5.75 Å². The maximum Gasteiger partial charge on any atom is 0.240 e. The number of sulfonamides is 1. The SMILES string of the molecule is O=S(=O)(NCCO)c1ccc(O)cc1. The summed E-state index contributed by atoms with van der Waals surface area (Å²) in [4.78, 5) is 0.0590. The molecule has 0 aliphatic heterocycles. The molecular weight excluding hydrogens is 206 g/mol. The Hall–Kier alpha value is -1.11. The van der Waals surface area contributed by atoms with Gasteiger partial charge in [-0.15, -0.1) is 0 Å². The highest BCUT2D eigenvalue weighted by Gasteiger charge is 2.12. The average molecular weight is 217 g/mol. The lowest BCUT2D eigenvalue weighted by molar-refractivity contribution is 0.301. The zero-order chi connectivity index (χ0) is 10.6. The van der Waals surface area contributed by atoms with Crippen LogP contribution in [0.4, 0.5) is 0 Å². The number of hydrogen-bond donors (Lipinski definition) is 3. The molecule has 0 fully saturated rings. The lowest BCUT2D eigenvalue weighted by atomic mass is 10.3. The Bertz CT molecular complexity index is 384. The number of aromatic hydroxyl groups is 1. The third-order valence-electron chi connectivity index (χ3n) is 1.55. The molecule has 0 saturated carbocycles. The number of nitrogens with one attached hydrogen (secondary N) is 1. The molecule has 1 rings (SSSR count). The molecule has 0 radical (unpaired) electrons. The Morgan fingerprint density at radius 3 is 2.29 bits per heavy atom. The maximum atomic E-state index is 11.4. The molecule has 0 aromatic heterocycles. The van der Waals surface area contributed by atoms with Crippen LogP contribution in [0.25, 0.3) is 0 Å². The summed E-state index contributed by atoms with van der Waals surface area (Å²) in [6.45, 7) is -0.277. The number of phenolic OH excluding ortho intramolecular Hbond substituents is 1. The highest BCUT2D eigenvalue weighted by Crippen LogP contribution is 2.13. The Labute approximate surface area is 82.1 Å². The zero-order valence-corrected chi connectivity index (χ0v) is 8.16. The quantitative estimate of drug-likeness (QED) is 0.644. The lowest BCUT2D eigenvalue weighted by Crippen LogP contribution is -2.26. The highest BCUT2D eigenvalue weighted by molar-refractivity contribution is 7.89. The molecule has 0 heterocycles. The van der Waals surface area contributed by atoms with E-state index >= 15 is 0 Å². The van der Waals surface area contributed by atoms with Gasteiger partial charge in [0.15, 0.2) is 0 Å². The second-order valence-corrected chi connectivity index (χ2v) is 4.38. The van der Waals surface area contributed by atoms with E-state index in [0.29, 0.717) is 0 Å². The van der Waals surface area contributed by atoms with Gasteiger partial charge in [-0.1, -0.05) is 0 Å². The summed E-state index contributed by atoms with van der Waals surface area (Å²) < 4.78 is 25.0. The topological polar surface area (TPSA) is 86.6 Å². The van der Waals surface area contributed by atoms with Gasteiger partial charge in [-0.25, -0.2) is 13.1 Å². The average Bonchev–Trinajstić information content (AvgIpc) is 2.16. The second kappa shape index (κ2) is 4.41. The van der Waals surface area contributed by atoms with E-state index < -0.39 is 10.0 Å². The fourth-order valence-electron chi connectivity index (χ4n) is 0.889. The lowest BCUT2D eigenvalue weighted by Gasteiger charge is -2.04. The number of aliphatic hydroxyl groups is 1. The van der Waals surface area contributed by atoms with E-state index in [-0.39, 0.29) is 23.8 Å². The summed E-state index contributed by atoms with van der Waals surface area (Å²) in [5.41, 5.74) is 0. The van der Waals surface area contributed by atoms with Gasteiger partial charge >= 0.3 is 0 Å². The predicted molar refractivity (Wildman–Crippen MR) is 50.4 cm³/mol. The molecule has 1 aromatic carbocycles. The number of phenols is 1. The van der Waals surface area contributed by atoms with Crippen molar-refractivity contribution >= 4 is 10.0 Å². The molecule has 0 saturated heterocycles. The summed E-state index contributed by atoms with van der Waals surface area (Å²) in [7, 11) is -3.56. The van der Waals surface area contributed by atoms with Crippen molar-refractivity contribution in [2.75, 3.05) is 13.2 Å². The van der Waals surface area contributed by atoms with E-state index in [0.717, 1.165) is 0 Å². The molecule has 0 unspecified atom stereocenters. The fraction of sp³-hybridized carbons (Fsp3) is 0.250. The van der Waals surface area contributed by atoms with E-state index in [1.165, 1.54) is 24.3 Å². The van der Waals surface area contributed by atoms with Gasteiger partial charge in [-0.05, 0) is 24.3 Å². The van der Waals surface area contributed by atoms with Crippen LogP contribution in [0.1, 0.15) is 0 Å². The van der Waals surface area contributed by atoms with Crippen molar-refractivity contribution in [3.05, 3.63) is 24.3 Å². The van der Waals surface area contributed by atoms with Crippen LogP contribution in [0.3, 0.4) is 0 Å². The minimum absolute atomic E-state index is 0.00566. The van der Waals surface area contributed by atoms with Gasteiger partial charge in [0.1, 0.15) is 5.75 Å². The van der Waals surface area contributed by atoms with Crippen molar-refractivity contribution in [2.45, 2.75) is 4.90 Å². The van der Waals surface area contributed by atoms with Crippen molar-refractivity contribution in [2.24, 2.45) is 0 Å². The van der Waals surface area contributed by atoms with Crippen molar-refractivity contribution < 1.29 is 18.6 Å². The zero-order valence-electron chi connectivity index (χ0n) is 7.34. The largest absolute Gasteiger partial charge is 0.508 e. The summed E-state index contributed by atoms with van der Waals surface area (Å²) in [6.07, 6.45) is 0. The molecule has 1 aromatic rings. The van der Waals surface area contributed by atoms with Crippen LogP contribution < -0.4 is 4.72 Å². The Balaban J connectivity index is 2.87. The number of benzene rings is 1. The number of rotatable bonds is 4. The first-order valence-electron chi connectivity index (χ1n) is 3.96. The molecular formula is C8H11NO4S. The monoisotopic (exact) mass is 217 g/mol. The number of aliphatic hydroxyl groups excluding tert-OH is 1. The minimum Gasteiger partial charge on any atom is -0.508 e. The third kappa shape index (κ3) is 2.69. The first-order chi connectivity index (χ1) is 6.56. The molecule has 3 N–H and O–H groups in total. The van der Waals surface area contributed by atoms with Gasteiger partial charge in [0.2, 0.25) is 10.0 Å². The molecule has 5 nitrogen and oxygen atoms in total. The molecule has 6 heteroatoms. The van der Waals surface area contributed by atoms with Crippen LogP contribution in [0.15, 0.2) is 29.2 Å². The van der Waals surface area contributed by atoms with Crippen LogP contribution in [0.2, 0.25) is 0 Å². The van der Waals surface area contributed by atoms with Crippen LogP contribution >= 0.6 is 0 Å². The van der Waals surface area contributed by atoms with Gasteiger partial charge in [-0.2, -0.15) is 0 Å². The normalized spacial score (nSPS) is 11.5. The van der Waals surface area contributed by atoms with E-state index in [1.807, 2.05) is 0 Å². The summed E-state index contributed by atoms with van der Waals surface area (Å²) in [6, 6.07) is 5.14. The third-order valence-corrected chi connectivity index (χ3v) is 3.03. The Kier molecular flexibility index (Phi) is 3.45. The molecule has 78 valence electrons. The minimum atomic E-state index is -3.56. The van der Waals surface area contributed by atoms with Crippen LogP contribution in [-0.4, -0.2) is 31.8 Å². The Morgan fingerprint density at radius 2 is 1.79 bits per heavy atom. The Morgan fingerprint density at radius 1 is 1.21 bits per heavy atom. The molecule has 0 spiro atoms. The van der Waals surface area contributed by atoms with Gasteiger partial charge in [0.25, 0.3) is 0 Å². The standard InChI is InChI=1S/C8H11NO4S/c10-6-5-9-14(12,13)8-3-1-7(11)2-4-8/h1-4,9-11H,5-6H2. The highest BCUT2D eigenvalue weighted by atomic mass is 32.2. The molecule has 0 bridgehead atoms. The molecule has 14 heavy (non-hydrogen) atoms. The summed E-state index contributed by atoms with van der Waals surface area (Å²) in [5.74, 6) is 0.00566. The fourth-order valence-corrected chi connectivity index (χ4v) is 1.91. The van der Waals surface area contributed by atoms with Gasteiger partial charge in [0.05, 0.1) is 11.5 Å². The molecule has 0 atom stereocenters. The van der Waals surface area contributed by atoms with Crippen LogP contribution in [-0.2, 0) is 10.0 Å². The van der Waals surface area contributed by atoms with Gasteiger partial charge < -0.3 is 10.2 Å². The van der Waals surface area contributed by atoms with Crippen molar-refractivity contribution in [1.29, 1.82) is 0 Å². The second-order valence-electron chi connectivity index (χ2n) is 2.62. The summed E-state index contributed by atoms with van der Waals surface area (Å²) in [5, 5.41) is 17.4. The van der Waals surface area contributed by atoms with Crippen molar-refractivity contribution in [3.63, 3.8) is 0 Å². The van der Waals surface area contributed by atoms with E-state index in [1.54, 1.807) is 0 Å². The summed E-state index contributed by atoms with van der Waals surface area (Å²) >= 11 is 0. The smallest absolute Gasteiger partial charge is 0.240 e.